The number of carbonyl (C=O) groups is 1. The number of carbonyl (C=O) groups excluding carboxylic acids is 1. The SMILES string of the molecule is CC(C)c1csc(NC(=O)c2ccc(CS(C)(=O)=O)cc2)n1. The Hall–Kier alpha value is -1.73. The number of sulfone groups is 1. The minimum Gasteiger partial charge on any atom is -0.298 e. The number of anilines is 1. The fraction of sp³-hybridized carbons (Fsp3) is 0.333. The van der Waals surface area contributed by atoms with Crippen LogP contribution >= 0.6 is 11.3 Å². The number of hydrogen-bond acceptors (Lipinski definition) is 5. The van der Waals surface area contributed by atoms with Crippen molar-refractivity contribution in [3.63, 3.8) is 0 Å². The molecule has 7 heteroatoms. The van der Waals surface area contributed by atoms with Crippen LogP contribution in [0.2, 0.25) is 0 Å². The largest absolute Gasteiger partial charge is 0.298 e. The second-order valence-corrected chi connectivity index (χ2v) is 8.45. The zero-order valence-electron chi connectivity index (χ0n) is 12.7. The van der Waals surface area contributed by atoms with E-state index in [0.29, 0.717) is 22.2 Å². The second-order valence-electron chi connectivity index (χ2n) is 5.45. The van der Waals surface area contributed by atoms with Gasteiger partial charge in [0.2, 0.25) is 0 Å². The number of amides is 1. The summed E-state index contributed by atoms with van der Waals surface area (Å²) in [5.41, 5.74) is 2.08. The highest BCUT2D eigenvalue weighted by Crippen LogP contribution is 2.22. The normalized spacial score (nSPS) is 11.6. The smallest absolute Gasteiger partial charge is 0.257 e. The number of aromatic nitrogens is 1. The lowest BCUT2D eigenvalue weighted by molar-refractivity contribution is 0.102. The van der Waals surface area contributed by atoms with E-state index in [4.69, 9.17) is 0 Å². The predicted octanol–water partition coefficient (Wildman–Crippen LogP) is 3.06. The first-order valence-corrected chi connectivity index (χ1v) is 9.72. The van der Waals surface area contributed by atoms with E-state index in [9.17, 15) is 13.2 Å². The average Bonchev–Trinajstić information content (AvgIpc) is 2.86. The van der Waals surface area contributed by atoms with Crippen molar-refractivity contribution >= 4 is 32.2 Å². The molecule has 0 saturated carbocycles. The van der Waals surface area contributed by atoms with E-state index >= 15 is 0 Å². The summed E-state index contributed by atoms with van der Waals surface area (Å²) in [5, 5.41) is 5.24. The van der Waals surface area contributed by atoms with E-state index in [2.05, 4.69) is 10.3 Å². The molecule has 0 fully saturated rings. The van der Waals surface area contributed by atoms with E-state index < -0.39 is 9.84 Å². The molecule has 0 aliphatic carbocycles. The number of rotatable bonds is 5. The standard InChI is InChI=1S/C15H18N2O3S2/c1-10(2)13-8-21-15(16-13)17-14(18)12-6-4-11(5-7-12)9-22(3,19)20/h4-8,10H,9H2,1-3H3,(H,16,17,18). The Morgan fingerprint density at radius 2 is 1.91 bits per heavy atom. The molecule has 1 N–H and O–H groups in total. The molecular weight excluding hydrogens is 320 g/mol. The third-order valence-electron chi connectivity index (χ3n) is 2.98. The van der Waals surface area contributed by atoms with E-state index in [0.717, 1.165) is 5.69 Å². The minimum atomic E-state index is -3.07. The van der Waals surface area contributed by atoms with E-state index in [1.54, 1.807) is 24.3 Å². The van der Waals surface area contributed by atoms with Crippen LogP contribution < -0.4 is 5.32 Å². The lowest BCUT2D eigenvalue weighted by Gasteiger charge is -2.04. The van der Waals surface area contributed by atoms with Gasteiger partial charge in [0.25, 0.3) is 5.91 Å². The molecule has 118 valence electrons. The quantitative estimate of drug-likeness (QED) is 0.909. The Morgan fingerprint density at radius 3 is 2.41 bits per heavy atom. The summed E-state index contributed by atoms with van der Waals surface area (Å²) >= 11 is 1.39. The number of nitrogens with one attached hydrogen (secondary N) is 1. The molecule has 0 aliphatic rings. The molecule has 0 unspecified atom stereocenters. The molecule has 22 heavy (non-hydrogen) atoms. The van der Waals surface area contributed by atoms with Crippen molar-refractivity contribution in [2.45, 2.75) is 25.5 Å². The van der Waals surface area contributed by atoms with Crippen molar-refractivity contribution in [1.82, 2.24) is 4.98 Å². The molecular formula is C15H18N2O3S2. The summed E-state index contributed by atoms with van der Waals surface area (Å²) in [5.74, 6) is 0.0341. The molecule has 5 nitrogen and oxygen atoms in total. The van der Waals surface area contributed by atoms with Gasteiger partial charge in [-0.25, -0.2) is 13.4 Å². The summed E-state index contributed by atoms with van der Waals surface area (Å²) < 4.78 is 22.5. The number of thiazole rings is 1. The highest BCUT2D eigenvalue weighted by molar-refractivity contribution is 7.89. The first kappa shape index (κ1) is 16.6. The fourth-order valence-electron chi connectivity index (χ4n) is 1.83. The lowest BCUT2D eigenvalue weighted by Crippen LogP contribution is -2.12. The Labute approximate surface area is 134 Å². The summed E-state index contributed by atoms with van der Waals surface area (Å²) in [7, 11) is -3.07. The fourth-order valence-corrected chi connectivity index (χ4v) is 3.50. The van der Waals surface area contributed by atoms with Gasteiger partial charge in [-0.15, -0.1) is 11.3 Å². The van der Waals surface area contributed by atoms with Gasteiger partial charge in [0.15, 0.2) is 15.0 Å². The molecule has 1 aromatic heterocycles. The highest BCUT2D eigenvalue weighted by atomic mass is 32.2. The number of nitrogens with zero attached hydrogens (tertiary/aromatic N) is 1. The molecule has 0 radical (unpaired) electrons. The predicted molar refractivity (Wildman–Crippen MR) is 89.1 cm³/mol. The van der Waals surface area contributed by atoms with Gasteiger partial charge >= 0.3 is 0 Å². The lowest BCUT2D eigenvalue weighted by atomic mass is 10.1. The summed E-state index contributed by atoms with van der Waals surface area (Å²) in [6, 6.07) is 6.54. The van der Waals surface area contributed by atoms with Crippen molar-refractivity contribution in [3.05, 3.63) is 46.5 Å². The number of benzene rings is 1. The molecule has 1 aromatic carbocycles. The van der Waals surface area contributed by atoms with Crippen LogP contribution in [-0.2, 0) is 15.6 Å². The molecule has 1 amide bonds. The van der Waals surface area contributed by atoms with Crippen LogP contribution in [0.4, 0.5) is 5.13 Å². The van der Waals surface area contributed by atoms with Gasteiger partial charge in [0.1, 0.15) is 0 Å². The van der Waals surface area contributed by atoms with E-state index in [1.807, 2.05) is 19.2 Å². The van der Waals surface area contributed by atoms with Gasteiger partial charge in [-0.2, -0.15) is 0 Å². The second kappa shape index (κ2) is 6.58. The molecule has 0 atom stereocenters. The van der Waals surface area contributed by atoms with Crippen LogP contribution in [0.25, 0.3) is 0 Å². The highest BCUT2D eigenvalue weighted by Gasteiger charge is 2.11. The van der Waals surface area contributed by atoms with Crippen LogP contribution in [0.5, 0.6) is 0 Å². The average molecular weight is 338 g/mol. The summed E-state index contributed by atoms with van der Waals surface area (Å²) in [6.45, 7) is 4.09. The van der Waals surface area contributed by atoms with Crippen molar-refractivity contribution in [1.29, 1.82) is 0 Å². The Bertz CT molecular complexity index is 762. The summed E-state index contributed by atoms with van der Waals surface area (Å²) in [6.07, 6.45) is 1.18. The zero-order valence-corrected chi connectivity index (χ0v) is 14.3. The van der Waals surface area contributed by atoms with Gasteiger partial charge in [-0.3, -0.25) is 10.1 Å². The Balaban J connectivity index is 2.06. The maximum atomic E-state index is 12.1. The molecule has 0 bridgehead atoms. The Kier molecular flexibility index (Phi) is 4.97. The van der Waals surface area contributed by atoms with E-state index in [-0.39, 0.29) is 11.7 Å². The van der Waals surface area contributed by atoms with Crippen molar-refractivity contribution in [3.8, 4) is 0 Å². The first-order valence-electron chi connectivity index (χ1n) is 6.78. The molecule has 2 aromatic rings. The minimum absolute atomic E-state index is 0.0286. The molecule has 1 heterocycles. The van der Waals surface area contributed by atoms with Gasteiger partial charge in [-0.05, 0) is 23.6 Å². The van der Waals surface area contributed by atoms with Crippen LogP contribution in [0.15, 0.2) is 29.6 Å². The van der Waals surface area contributed by atoms with Crippen molar-refractivity contribution < 1.29 is 13.2 Å². The van der Waals surface area contributed by atoms with Gasteiger partial charge < -0.3 is 0 Å². The van der Waals surface area contributed by atoms with Gasteiger partial charge in [-0.1, -0.05) is 26.0 Å². The zero-order chi connectivity index (χ0) is 16.3. The monoisotopic (exact) mass is 338 g/mol. The summed E-state index contributed by atoms with van der Waals surface area (Å²) in [4.78, 5) is 16.5. The molecule has 0 spiro atoms. The maximum absolute atomic E-state index is 12.1. The van der Waals surface area contributed by atoms with Crippen LogP contribution in [0.1, 0.15) is 41.4 Å². The molecule has 2 rings (SSSR count). The maximum Gasteiger partial charge on any atom is 0.257 e. The number of hydrogen-bond donors (Lipinski definition) is 1. The van der Waals surface area contributed by atoms with Gasteiger partial charge in [0, 0.05) is 17.2 Å². The van der Waals surface area contributed by atoms with Crippen molar-refractivity contribution in [2.75, 3.05) is 11.6 Å². The van der Waals surface area contributed by atoms with Gasteiger partial charge in [0.05, 0.1) is 11.4 Å². The van der Waals surface area contributed by atoms with Crippen LogP contribution in [0, 0.1) is 0 Å². The van der Waals surface area contributed by atoms with Crippen LogP contribution in [-0.4, -0.2) is 25.6 Å². The third kappa shape index (κ3) is 4.64. The Morgan fingerprint density at radius 1 is 1.27 bits per heavy atom. The topological polar surface area (TPSA) is 76.1 Å². The first-order chi connectivity index (χ1) is 10.2. The van der Waals surface area contributed by atoms with Crippen molar-refractivity contribution in [2.24, 2.45) is 0 Å². The third-order valence-corrected chi connectivity index (χ3v) is 4.61. The molecule has 0 aliphatic heterocycles. The molecule has 0 saturated heterocycles. The van der Waals surface area contributed by atoms with Crippen LogP contribution in [0.3, 0.4) is 0 Å². The van der Waals surface area contributed by atoms with E-state index in [1.165, 1.54) is 17.6 Å².